The number of carbonyl (C=O) groups excluding carboxylic acids is 1. The van der Waals surface area contributed by atoms with Crippen molar-refractivity contribution in [3.8, 4) is 0 Å². The number of nitrogens with two attached hydrogens (primary N) is 2. The molecule has 0 aliphatic heterocycles. The summed E-state index contributed by atoms with van der Waals surface area (Å²) in [7, 11) is 0. The van der Waals surface area contributed by atoms with Crippen LogP contribution in [0.3, 0.4) is 0 Å². The SMILES string of the molecule is NCCCSCCC(N)=O. The van der Waals surface area contributed by atoms with Gasteiger partial charge in [-0.3, -0.25) is 4.79 Å². The zero-order valence-electron chi connectivity index (χ0n) is 6.01. The lowest BCUT2D eigenvalue weighted by Gasteiger charge is -1.96. The molecule has 3 nitrogen and oxygen atoms in total. The van der Waals surface area contributed by atoms with Crippen LogP contribution in [0.5, 0.6) is 0 Å². The Bertz CT molecular complexity index is 97.7. The molecule has 0 aliphatic rings. The molecule has 0 bridgehead atoms. The second-order valence-corrected chi connectivity index (χ2v) is 3.20. The highest BCUT2D eigenvalue weighted by Crippen LogP contribution is 2.02. The lowest BCUT2D eigenvalue weighted by atomic mass is 10.5. The Balaban J connectivity index is 2.84. The van der Waals surface area contributed by atoms with Crippen LogP contribution in [0, 0.1) is 0 Å². The highest BCUT2D eigenvalue weighted by Gasteiger charge is 1.92. The van der Waals surface area contributed by atoms with Crippen LogP contribution in [0.4, 0.5) is 0 Å². The van der Waals surface area contributed by atoms with Crippen molar-refractivity contribution in [1.29, 1.82) is 0 Å². The standard InChI is InChI=1S/C6H14N2OS/c7-3-1-4-10-5-2-6(8)9/h1-5,7H2,(H2,8,9). The Morgan fingerprint density at radius 2 is 2.10 bits per heavy atom. The molecule has 0 unspecified atom stereocenters. The quantitative estimate of drug-likeness (QED) is 0.538. The summed E-state index contributed by atoms with van der Waals surface area (Å²) in [4.78, 5) is 10.2. The molecule has 0 fully saturated rings. The van der Waals surface area contributed by atoms with E-state index in [1.807, 2.05) is 0 Å². The fourth-order valence-electron chi connectivity index (χ4n) is 0.460. The van der Waals surface area contributed by atoms with Gasteiger partial charge in [-0.25, -0.2) is 0 Å². The first kappa shape index (κ1) is 9.78. The van der Waals surface area contributed by atoms with E-state index in [-0.39, 0.29) is 5.91 Å². The van der Waals surface area contributed by atoms with Gasteiger partial charge in [0.1, 0.15) is 0 Å². The molecular weight excluding hydrogens is 148 g/mol. The molecule has 10 heavy (non-hydrogen) atoms. The van der Waals surface area contributed by atoms with E-state index >= 15 is 0 Å². The van der Waals surface area contributed by atoms with Crippen molar-refractivity contribution in [3.05, 3.63) is 0 Å². The lowest BCUT2D eigenvalue weighted by molar-refractivity contribution is -0.117. The molecule has 4 N–H and O–H groups in total. The molecule has 0 spiro atoms. The summed E-state index contributed by atoms with van der Waals surface area (Å²) in [5.41, 5.74) is 10.2. The van der Waals surface area contributed by atoms with Gasteiger partial charge in [-0.1, -0.05) is 0 Å². The van der Waals surface area contributed by atoms with E-state index in [0.29, 0.717) is 6.42 Å². The summed E-state index contributed by atoms with van der Waals surface area (Å²) < 4.78 is 0. The molecule has 0 aromatic rings. The first-order chi connectivity index (χ1) is 4.77. The minimum atomic E-state index is -0.222. The predicted octanol–water partition coefficient (Wildman–Crippen LogP) is -0.0562. The van der Waals surface area contributed by atoms with E-state index in [2.05, 4.69) is 0 Å². The zero-order chi connectivity index (χ0) is 7.82. The van der Waals surface area contributed by atoms with E-state index in [0.717, 1.165) is 24.5 Å². The van der Waals surface area contributed by atoms with Gasteiger partial charge in [-0.2, -0.15) is 11.8 Å². The monoisotopic (exact) mass is 162 g/mol. The molecule has 1 amide bonds. The molecule has 0 atom stereocenters. The third-order valence-corrected chi connectivity index (χ3v) is 2.06. The highest BCUT2D eigenvalue weighted by atomic mass is 32.2. The van der Waals surface area contributed by atoms with Gasteiger partial charge in [0.15, 0.2) is 0 Å². The Hall–Kier alpha value is -0.220. The van der Waals surface area contributed by atoms with Crippen LogP contribution in [-0.2, 0) is 4.79 Å². The van der Waals surface area contributed by atoms with Crippen molar-refractivity contribution >= 4 is 17.7 Å². The van der Waals surface area contributed by atoms with E-state index in [4.69, 9.17) is 11.5 Å². The smallest absolute Gasteiger partial charge is 0.218 e. The summed E-state index contributed by atoms with van der Waals surface area (Å²) in [6.07, 6.45) is 1.50. The van der Waals surface area contributed by atoms with E-state index in [9.17, 15) is 4.79 Å². The number of hydrogen-bond acceptors (Lipinski definition) is 3. The predicted molar refractivity (Wildman–Crippen MR) is 44.8 cm³/mol. The van der Waals surface area contributed by atoms with Crippen LogP contribution in [-0.4, -0.2) is 24.0 Å². The molecule has 60 valence electrons. The zero-order valence-corrected chi connectivity index (χ0v) is 6.82. The molecule has 0 aromatic carbocycles. The fourth-order valence-corrected chi connectivity index (χ4v) is 1.38. The third kappa shape index (κ3) is 7.78. The van der Waals surface area contributed by atoms with Gasteiger partial charge in [-0.05, 0) is 18.7 Å². The van der Waals surface area contributed by atoms with Crippen LogP contribution in [0.15, 0.2) is 0 Å². The molecule has 0 radical (unpaired) electrons. The molecule has 0 aromatic heterocycles. The summed E-state index contributed by atoms with van der Waals surface area (Å²) in [6.45, 7) is 0.726. The van der Waals surface area contributed by atoms with Gasteiger partial charge >= 0.3 is 0 Å². The third-order valence-electron chi connectivity index (χ3n) is 0.986. The fraction of sp³-hybridized carbons (Fsp3) is 0.833. The van der Waals surface area contributed by atoms with Crippen LogP contribution >= 0.6 is 11.8 Å². The molecule has 0 saturated heterocycles. The van der Waals surface area contributed by atoms with E-state index in [1.165, 1.54) is 0 Å². The minimum Gasteiger partial charge on any atom is -0.370 e. The number of amides is 1. The second-order valence-electron chi connectivity index (χ2n) is 1.97. The van der Waals surface area contributed by atoms with Crippen molar-refractivity contribution < 1.29 is 4.79 Å². The van der Waals surface area contributed by atoms with Gasteiger partial charge in [0.05, 0.1) is 0 Å². The number of carbonyl (C=O) groups is 1. The van der Waals surface area contributed by atoms with Crippen molar-refractivity contribution in [2.45, 2.75) is 12.8 Å². The lowest BCUT2D eigenvalue weighted by Crippen LogP contribution is -2.11. The number of primary amides is 1. The van der Waals surface area contributed by atoms with Gasteiger partial charge < -0.3 is 11.5 Å². The molecule has 0 saturated carbocycles. The molecule has 0 aliphatic carbocycles. The Labute approximate surface area is 65.5 Å². The van der Waals surface area contributed by atoms with Crippen molar-refractivity contribution in [1.82, 2.24) is 0 Å². The van der Waals surface area contributed by atoms with Crippen molar-refractivity contribution in [2.75, 3.05) is 18.1 Å². The maximum Gasteiger partial charge on any atom is 0.218 e. The van der Waals surface area contributed by atoms with Gasteiger partial charge in [0.25, 0.3) is 0 Å². The molecule has 0 heterocycles. The van der Waals surface area contributed by atoms with Crippen molar-refractivity contribution in [3.63, 3.8) is 0 Å². The largest absolute Gasteiger partial charge is 0.370 e. The maximum absolute atomic E-state index is 10.2. The number of thioether (sulfide) groups is 1. The number of rotatable bonds is 6. The summed E-state index contributed by atoms with van der Waals surface area (Å²) >= 11 is 1.73. The summed E-state index contributed by atoms with van der Waals surface area (Å²) in [5.74, 6) is 1.64. The van der Waals surface area contributed by atoms with Gasteiger partial charge in [0.2, 0.25) is 5.91 Å². The first-order valence-corrected chi connectivity index (χ1v) is 4.49. The maximum atomic E-state index is 10.2. The normalized spacial score (nSPS) is 9.70. The highest BCUT2D eigenvalue weighted by molar-refractivity contribution is 7.99. The van der Waals surface area contributed by atoms with Crippen LogP contribution < -0.4 is 11.5 Å². The van der Waals surface area contributed by atoms with Crippen LogP contribution in [0.2, 0.25) is 0 Å². The summed E-state index contributed by atoms with van der Waals surface area (Å²) in [6, 6.07) is 0. The Morgan fingerprint density at radius 1 is 1.40 bits per heavy atom. The van der Waals surface area contributed by atoms with Gasteiger partial charge in [0, 0.05) is 12.2 Å². The topological polar surface area (TPSA) is 69.1 Å². The number of hydrogen-bond donors (Lipinski definition) is 2. The Kier molecular flexibility index (Phi) is 6.74. The molecule has 0 rings (SSSR count). The minimum absolute atomic E-state index is 0.222. The van der Waals surface area contributed by atoms with Crippen LogP contribution in [0.25, 0.3) is 0 Å². The average Bonchev–Trinajstić information content (AvgIpc) is 1.87. The van der Waals surface area contributed by atoms with Gasteiger partial charge in [-0.15, -0.1) is 0 Å². The van der Waals surface area contributed by atoms with Crippen molar-refractivity contribution in [2.24, 2.45) is 11.5 Å². The first-order valence-electron chi connectivity index (χ1n) is 3.33. The van der Waals surface area contributed by atoms with E-state index in [1.54, 1.807) is 11.8 Å². The molecular formula is C6H14N2OS. The van der Waals surface area contributed by atoms with Crippen LogP contribution in [0.1, 0.15) is 12.8 Å². The second kappa shape index (κ2) is 6.89. The Morgan fingerprint density at radius 3 is 2.60 bits per heavy atom. The van der Waals surface area contributed by atoms with E-state index < -0.39 is 0 Å². The summed E-state index contributed by atoms with van der Waals surface area (Å²) in [5, 5.41) is 0. The average molecular weight is 162 g/mol. The molecule has 4 heteroatoms.